The van der Waals surface area contributed by atoms with Crippen molar-refractivity contribution in [2.24, 2.45) is 11.1 Å². The highest BCUT2D eigenvalue weighted by molar-refractivity contribution is 8.13. The van der Waals surface area contributed by atoms with Crippen molar-refractivity contribution in [2.45, 2.75) is 51.0 Å². The third-order valence-corrected chi connectivity index (χ3v) is 9.49. The maximum Gasteiger partial charge on any atom is 0.240 e. The van der Waals surface area contributed by atoms with Crippen LogP contribution in [0.1, 0.15) is 44.9 Å². The van der Waals surface area contributed by atoms with E-state index in [2.05, 4.69) is 15.6 Å². The van der Waals surface area contributed by atoms with Gasteiger partial charge < -0.3 is 35.7 Å². The normalized spacial score (nSPS) is 13.7. The zero-order valence-corrected chi connectivity index (χ0v) is 28.9. The van der Waals surface area contributed by atoms with Gasteiger partial charge in [-0.25, -0.2) is 8.78 Å². The van der Waals surface area contributed by atoms with Gasteiger partial charge in [0.15, 0.2) is 23.1 Å². The molecule has 1 aromatic heterocycles. The van der Waals surface area contributed by atoms with E-state index < -0.39 is 34.9 Å². The van der Waals surface area contributed by atoms with Crippen molar-refractivity contribution in [3.8, 4) is 23.0 Å². The lowest BCUT2D eigenvalue weighted by Gasteiger charge is -2.16. The van der Waals surface area contributed by atoms with Crippen molar-refractivity contribution in [3.63, 3.8) is 0 Å². The number of nitrogens with one attached hydrogen (secondary N) is 2. The molecule has 5 N–H and O–H groups in total. The summed E-state index contributed by atoms with van der Waals surface area (Å²) in [6.07, 6.45) is 6.80. The smallest absolute Gasteiger partial charge is 0.240 e. The number of aromatic nitrogens is 1. The van der Waals surface area contributed by atoms with Crippen molar-refractivity contribution in [2.75, 3.05) is 36.7 Å². The Labute approximate surface area is 298 Å². The number of hydrogen-bond acceptors (Lipinski definition) is 10. The Morgan fingerprint density at radius 3 is 2.25 bits per heavy atom. The number of anilines is 2. The SMILES string of the molecule is COc1cc2c(Oc3ccc(NC(=O)C4(C(=O)Nc5ccc(F)cc5)CC4)cc3F)ccnc2cc1OCCCCCCCSC(=O)[C@@H](N)CO. The molecule has 1 saturated carbocycles. The minimum atomic E-state index is -1.29. The van der Waals surface area contributed by atoms with E-state index in [1.807, 2.05) is 0 Å². The number of carbonyl (C=O) groups is 3. The lowest BCUT2D eigenvalue weighted by atomic mass is 10.0. The monoisotopic (exact) mass is 722 g/mol. The molecule has 1 heterocycles. The van der Waals surface area contributed by atoms with Gasteiger partial charge in [-0.2, -0.15) is 0 Å². The number of nitrogens with two attached hydrogens (primary N) is 1. The first-order valence-electron chi connectivity index (χ1n) is 16.6. The van der Waals surface area contributed by atoms with Crippen LogP contribution in [0.2, 0.25) is 0 Å². The number of unbranched alkanes of at least 4 members (excludes halogenated alkanes) is 4. The molecule has 0 saturated heterocycles. The second-order valence-electron chi connectivity index (χ2n) is 12.1. The van der Waals surface area contributed by atoms with Crippen LogP contribution in [0, 0.1) is 17.0 Å². The van der Waals surface area contributed by atoms with Crippen LogP contribution >= 0.6 is 11.8 Å². The molecule has 5 rings (SSSR count). The molecule has 0 unspecified atom stereocenters. The summed E-state index contributed by atoms with van der Waals surface area (Å²) in [5.41, 5.74) is 5.29. The number of pyridine rings is 1. The predicted octanol–water partition coefficient (Wildman–Crippen LogP) is 6.58. The number of hydrogen-bond donors (Lipinski definition) is 4. The fraction of sp³-hybridized carbons (Fsp3) is 0.351. The van der Waals surface area contributed by atoms with Crippen LogP contribution in [-0.4, -0.2) is 59.1 Å². The largest absolute Gasteiger partial charge is 0.493 e. The number of halogens is 2. The molecule has 51 heavy (non-hydrogen) atoms. The predicted molar refractivity (Wildman–Crippen MR) is 191 cm³/mol. The van der Waals surface area contributed by atoms with Crippen LogP contribution < -0.4 is 30.6 Å². The minimum Gasteiger partial charge on any atom is -0.493 e. The molecule has 1 atom stereocenters. The Morgan fingerprint density at radius 1 is 0.882 bits per heavy atom. The van der Waals surface area contributed by atoms with E-state index in [0.29, 0.717) is 59.0 Å². The van der Waals surface area contributed by atoms with Crippen molar-refractivity contribution < 1.29 is 42.5 Å². The summed E-state index contributed by atoms with van der Waals surface area (Å²) in [5.74, 6) is -0.375. The Kier molecular flexibility index (Phi) is 12.8. The first-order chi connectivity index (χ1) is 24.6. The van der Waals surface area contributed by atoms with Gasteiger partial charge in [-0.1, -0.05) is 31.0 Å². The van der Waals surface area contributed by atoms with Crippen LogP contribution in [0.3, 0.4) is 0 Å². The third-order valence-electron chi connectivity index (χ3n) is 8.41. The molecule has 14 heteroatoms. The number of thioether (sulfide) groups is 1. The van der Waals surface area contributed by atoms with Gasteiger partial charge in [0.25, 0.3) is 0 Å². The number of amides is 2. The number of carbonyl (C=O) groups excluding carboxylic acids is 3. The number of methoxy groups -OCH3 is 1. The summed E-state index contributed by atoms with van der Waals surface area (Å²) in [7, 11) is 1.52. The van der Waals surface area contributed by atoms with Gasteiger partial charge in [0.2, 0.25) is 16.9 Å². The fourth-order valence-corrected chi connectivity index (χ4v) is 6.10. The Bertz CT molecular complexity index is 1860. The van der Waals surface area contributed by atoms with Crippen LogP contribution in [0.25, 0.3) is 10.9 Å². The molecular weight excluding hydrogens is 682 g/mol. The summed E-state index contributed by atoms with van der Waals surface area (Å²) in [4.78, 5) is 42.0. The quantitative estimate of drug-likeness (QED) is 0.0652. The highest BCUT2D eigenvalue weighted by Gasteiger charge is 2.56. The molecule has 0 bridgehead atoms. The molecule has 0 spiro atoms. The first-order valence-corrected chi connectivity index (χ1v) is 17.6. The number of nitrogens with zero attached hydrogens (tertiary/aromatic N) is 1. The summed E-state index contributed by atoms with van der Waals surface area (Å²) in [6, 6.07) is 13.4. The lowest BCUT2D eigenvalue weighted by molar-refractivity contribution is -0.131. The summed E-state index contributed by atoms with van der Waals surface area (Å²) < 4.78 is 46.0. The van der Waals surface area contributed by atoms with E-state index in [1.54, 1.807) is 18.2 Å². The van der Waals surface area contributed by atoms with Crippen molar-refractivity contribution in [1.82, 2.24) is 4.98 Å². The molecule has 1 aliphatic rings. The van der Waals surface area contributed by atoms with Gasteiger partial charge in [0, 0.05) is 40.8 Å². The first kappa shape index (κ1) is 37.5. The van der Waals surface area contributed by atoms with Crippen molar-refractivity contribution in [3.05, 3.63) is 78.5 Å². The topological polar surface area (TPSA) is 162 Å². The highest BCUT2D eigenvalue weighted by atomic mass is 32.2. The average molecular weight is 723 g/mol. The van der Waals surface area contributed by atoms with Crippen molar-refractivity contribution in [1.29, 1.82) is 0 Å². The zero-order chi connectivity index (χ0) is 36.4. The van der Waals surface area contributed by atoms with Gasteiger partial charge in [0.1, 0.15) is 17.0 Å². The average Bonchev–Trinajstić information content (AvgIpc) is 3.95. The molecule has 0 aliphatic heterocycles. The van der Waals surface area contributed by atoms with Crippen molar-refractivity contribution >= 4 is 51.0 Å². The summed E-state index contributed by atoms with van der Waals surface area (Å²) in [5, 5.41) is 14.6. The number of rotatable bonds is 18. The molecular formula is C37H40F2N4O7S. The molecule has 0 radical (unpaired) electrons. The van der Waals surface area contributed by atoms with Gasteiger partial charge >= 0.3 is 0 Å². The zero-order valence-electron chi connectivity index (χ0n) is 28.1. The number of fused-ring (bicyclic) bond motifs is 1. The van der Waals surface area contributed by atoms with E-state index in [-0.39, 0.29) is 23.2 Å². The van der Waals surface area contributed by atoms with Crippen LogP contribution in [0.15, 0.2) is 66.9 Å². The molecule has 270 valence electrons. The molecule has 1 fully saturated rings. The van der Waals surface area contributed by atoms with Gasteiger partial charge in [-0.15, -0.1) is 0 Å². The molecule has 11 nitrogen and oxygen atoms in total. The number of aliphatic hydroxyl groups excluding tert-OH is 1. The second-order valence-corrected chi connectivity index (χ2v) is 13.2. The van der Waals surface area contributed by atoms with E-state index in [9.17, 15) is 18.8 Å². The molecule has 4 aromatic rings. The fourth-order valence-electron chi connectivity index (χ4n) is 5.26. The van der Waals surface area contributed by atoms with Crippen LogP contribution in [0.5, 0.6) is 23.0 Å². The van der Waals surface area contributed by atoms with Gasteiger partial charge in [0.05, 0.1) is 31.9 Å². The van der Waals surface area contributed by atoms with E-state index in [1.165, 1.54) is 49.7 Å². The van der Waals surface area contributed by atoms with Gasteiger partial charge in [-0.3, -0.25) is 19.4 Å². The minimum absolute atomic E-state index is 0.0890. The highest BCUT2D eigenvalue weighted by Crippen LogP contribution is 2.47. The maximum atomic E-state index is 15.3. The lowest BCUT2D eigenvalue weighted by Crippen LogP contribution is -2.35. The Balaban J connectivity index is 1.14. The van der Waals surface area contributed by atoms with E-state index >= 15 is 4.39 Å². The number of aliphatic hydroxyl groups is 1. The van der Waals surface area contributed by atoms with Crippen LogP contribution in [0.4, 0.5) is 20.2 Å². The van der Waals surface area contributed by atoms with E-state index in [0.717, 1.165) is 49.9 Å². The molecule has 2 amide bonds. The number of ether oxygens (including phenoxy) is 3. The van der Waals surface area contributed by atoms with Crippen LogP contribution in [-0.2, 0) is 14.4 Å². The molecule has 1 aliphatic carbocycles. The number of benzene rings is 3. The van der Waals surface area contributed by atoms with Gasteiger partial charge in [-0.05, 0) is 74.2 Å². The standard InChI is InChI=1S/C37H40F2N4O7S/c1-48-32-20-26-29(21-33(32)49-17-5-3-2-4-6-18-51-34(45)28(40)22-44)41-16-13-30(26)50-31-12-11-25(19-27(31)39)43-36(47)37(14-15-37)35(46)42-24-9-7-23(38)8-10-24/h7-13,16,19-21,28,44H,2-6,14-15,17-18,22,40H2,1H3,(H,42,46)(H,43,47)/t28-/m0/s1. The van der Waals surface area contributed by atoms with E-state index in [4.69, 9.17) is 25.1 Å². The Morgan fingerprint density at radius 2 is 1.57 bits per heavy atom. The molecule has 3 aromatic carbocycles. The Hall–Kier alpha value is -4.79. The summed E-state index contributed by atoms with van der Waals surface area (Å²) in [6.45, 7) is 0.122. The third kappa shape index (κ3) is 9.72. The maximum absolute atomic E-state index is 15.3. The summed E-state index contributed by atoms with van der Waals surface area (Å²) >= 11 is 1.16. The second kappa shape index (κ2) is 17.4.